The third kappa shape index (κ3) is 5.32. The summed E-state index contributed by atoms with van der Waals surface area (Å²) in [4.78, 5) is 2.51. The summed E-state index contributed by atoms with van der Waals surface area (Å²) < 4.78 is 0. The molecule has 5 fully saturated rings. The molecule has 5 saturated carbocycles. The molecule has 6 atom stereocenters. The highest BCUT2D eigenvalue weighted by atomic mass is 15.1. The highest BCUT2D eigenvalue weighted by molar-refractivity contribution is 6.03. The Balaban J connectivity index is 0.852. The van der Waals surface area contributed by atoms with Gasteiger partial charge in [-0.15, -0.1) is 0 Å². The molecular weight excluding hydrogens is 807 g/mol. The zero-order valence-electron chi connectivity index (χ0n) is 38.2. The fourth-order valence-electron chi connectivity index (χ4n) is 16.1. The van der Waals surface area contributed by atoms with Crippen LogP contribution < -0.4 is 4.90 Å². The van der Waals surface area contributed by atoms with E-state index in [1.807, 2.05) is 0 Å². The Bertz CT molecular complexity index is 3440. The summed E-state index contributed by atoms with van der Waals surface area (Å²) in [6.45, 7) is 0. The minimum absolute atomic E-state index is 0.200. The van der Waals surface area contributed by atoms with Crippen LogP contribution in [0.4, 0.5) is 17.1 Å². The van der Waals surface area contributed by atoms with Crippen LogP contribution in [0.3, 0.4) is 0 Å². The number of rotatable bonds is 7. The minimum Gasteiger partial charge on any atom is -0.310 e. The molecule has 0 amide bonds. The van der Waals surface area contributed by atoms with Crippen LogP contribution in [0.25, 0.3) is 66.1 Å². The number of fused-ring (bicyclic) bond motifs is 10. The van der Waals surface area contributed by atoms with E-state index in [9.17, 15) is 0 Å². The van der Waals surface area contributed by atoms with E-state index in [4.69, 9.17) is 0 Å². The molecule has 9 aromatic rings. The van der Waals surface area contributed by atoms with Crippen LogP contribution >= 0.6 is 0 Å². The first-order chi connectivity index (χ1) is 33.2. The summed E-state index contributed by atoms with van der Waals surface area (Å²) >= 11 is 0. The first kappa shape index (κ1) is 38.4. The van der Waals surface area contributed by atoms with Gasteiger partial charge in [0.1, 0.15) is 0 Å². The second kappa shape index (κ2) is 14.4. The van der Waals surface area contributed by atoms with Gasteiger partial charge in [-0.2, -0.15) is 0 Å². The second-order valence-corrected chi connectivity index (χ2v) is 21.5. The normalized spacial score (nSPS) is 25.1. The smallest absolute Gasteiger partial charge is 0.0540 e. The average Bonchev–Trinajstić information content (AvgIpc) is 4.03. The molecule has 6 unspecified atom stereocenters. The van der Waals surface area contributed by atoms with E-state index >= 15 is 0 Å². The average molecular weight is 862 g/mol. The second-order valence-electron chi connectivity index (χ2n) is 21.5. The molecule has 6 aliphatic rings. The number of anilines is 3. The van der Waals surface area contributed by atoms with Gasteiger partial charge < -0.3 is 4.90 Å². The monoisotopic (exact) mass is 861 g/mol. The van der Waals surface area contributed by atoms with Gasteiger partial charge in [0.15, 0.2) is 0 Å². The van der Waals surface area contributed by atoms with E-state index in [1.54, 1.807) is 11.1 Å². The van der Waals surface area contributed by atoms with Crippen molar-refractivity contribution in [3.05, 3.63) is 211 Å². The van der Waals surface area contributed by atoms with Crippen molar-refractivity contribution in [3.8, 4) is 44.5 Å². The molecule has 0 heterocycles. The molecule has 0 aliphatic heterocycles. The van der Waals surface area contributed by atoms with Crippen molar-refractivity contribution in [2.24, 2.45) is 29.1 Å². The molecule has 0 N–H and O–H groups in total. The summed E-state index contributed by atoms with van der Waals surface area (Å²) in [6, 6.07) is 74.5. The largest absolute Gasteiger partial charge is 0.310 e. The lowest BCUT2D eigenvalue weighted by Crippen LogP contribution is -2.73. The first-order valence-electron chi connectivity index (χ1n) is 25.5. The van der Waals surface area contributed by atoms with Crippen LogP contribution in [0.2, 0.25) is 0 Å². The SMILES string of the molecule is c1ccc(N(c2ccc(-c3ccc4c(c3)C3(c5ccccc5-4)C4CC5CC6CC3C64C5)cc2)c2ccc(-c3ccc4ccccc4c3)cc2)c(-c2cccc3cccc(C4CCCCC4)c23)c1. The standard InChI is InChI=1S/C66H55N/c1-2-13-46(14-3-1)54-20-10-16-47-17-11-21-58(64(47)54)57-19-7-9-23-61(57)67(52-31-26-44(27-32-52)49-25-24-43-12-4-5-15-48(43)38-49)53-33-28-45(29-34-53)50-30-35-56-55-18-6-8-22-59(55)66(60(56)39-50)62-37-42-36-51-40-63(66)65(51,62)41-42/h4-12,15-35,38-39,42,46,51,62-63H,1-3,13-14,36-37,40-41H2. The molecule has 0 aromatic heterocycles. The molecule has 0 radical (unpaired) electrons. The van der Waals surface area contributed by atoms with Crippen molar-refractivity contribution in [1.82, 2.24) is 0 Å². The topological polar surface area (TPSA) is 3.24 Å². The van der Waals surface area contributed by atoms with Gasteiger partial charge in [-0.25, -0.2) is 0 Å². The van der Waals surface area contributed by atoms with E-state index in [2.05, 4.69) is 199 Å². The molecule has 2 bridgehead atoms. The summed E-state index contributed by atoms with van der Waals surface area (Å²) in [5.41, 5.74) is 19.8. The Hall–Kier alpha value is -6.70. The van der Waals surface area contributed by atoms with Crippen LogP contribution in [0.15, 0.2) is 194 Å². The third-order valence-corrected chi connectivity index (χ3v) is 18.7. The summed E-state index contributed by atoms with van der Waals surface area (Å²) in [5.74, 6) is 4.16. The zero-order chi connectivity index (χ0) is 43.8. The van der Waals surface area contributed by atoms with Gasteiger partial charge in [-0.3, -0.25) is 0 Å². The van der Waals surface area contributed by atoms with Crippen molar-refractivity contribution >= 4 is 38.6 Å². The number of para-hydroxylation sites is 1. The van der Waals surface area contributed by atoms with Gasteiger partial charge in [0.2, 0.25) is 0 Å². The molecule has 67 heavy (non-hydrogen) atoms. The lowest BCUT2D eigenvalue weighted by Gasteiger charge is -2.76. The van der Waals surface area contributed by atoms with Crippen molar-refractivity contribution in [2.75, 3.05) is 4.90 Å². The lowest BCUT2D eigenvalue weighted by atomic mass is 9.27. The Morgan fingerprint density at radius 2 is 1.03 bits per heavy atom. The molecule has 9 aromatic carbocycles. The number of hydrogen-bond donors (Lipinski definition) is 0. The van der Waals surface area contributed by atoms with Crippen LogP contribution in [-0.4, -0.2) is 0 Å². The van der Waals surface area contributed by atoms with E-state index in [0.717, 1.165) is 35.0 Å². The van der Waals surface area contributed by atoms with Crippen molar-refractivity contribution in [3.63, 3.8) is 0 Å². The Labute approximate surface area is 395 Å². The van der Waals surface area contributed by atoms with Gasteiger partial charge in [-0.05, 0) is 193 Å². The van der Waals surface area contributed by atoms with Crippen LogP contribution in [0.5, 0.6) is 0 Å². The molecule has 1 heteroatoms. The summed E-state index contributed by atoms with van der Waals surface area (Å²) in [6.07, 6.45) is 12.4. The van der Waals surface area contributed by atoms with E-state index in [0.29, 0.717) is 11.3 Å². The minimum atomic E-state index is 0.200. The van der Waals surface area contributed by atoms with Gasteiger partial charge in [0.25, 0.3) is 0 Å². The zero-order valence-corrected chi connectivity index (χ0v) is 38.2. The molecule has 15 rings (SSSR count). The third-order valence-electron chi connectivity index (χ3n) is 18.7. The van der Waals surface area contributed by atoms with Gasteiger partial charge in [-0.1, -0.05) is 171 Å². The molecule has 6 aliphatic carbocycles. The highest BCUT2D eigenvalue weighted by Gasteiger charge is 2.84. The number of hydrogen-bond acceptors (Lipinski definition) is 1. The quantitative estimate of drug-likeness (QED) is 0.154. The molecule has 0 saturated heterocycles. The predicted octanol–water partition coefficient (Wildman–Crippen LogP) is 17.8. The fraction of sp³-hybridized carbons (Fsp3) is 0.242. The maximum Gasteiger partial charge on any atom is 0.0540 e. The van der Waals surface area contributed by atoms with Gasteiger partial charge >= 0.3 is 0 Å². The van der Waals surface area contributed by atoms with Crippen LogP contribution in [0.1, 0.15) is 80.4 Å². The van der Waals surface area contributed by atoms with Gasteiger partial charge in [0, 0.05) is 22.4 Å². The van der Waals surface area contributed by atoms with Crippen LogP contribution in [0, 0.1) is 29.1 Å². The Morgan fingerprint density at radius 1 is 0.418 bits per heavy atom. The maximum absolute atomic E-state index is 2.64. The highest BCUT2D eigenvalue weighted by Crippen LogP contribution is 2.89. The van der Waals surface area contributed by atoms with E-state index < -0.39 is 0 Å². The molecule has 324 valence electrons. The first-order valence-corrected chi connectivity index (χ1v) is 25.5. The van der Waals surface area contributed by atoms with Crippen molar-refractivity contribution in [2.45, 2.75) is 69.1 Å². The van der Waals surface area contributed by atoms with Crippen molar-refractivity contribution < 1.29 is 0 Å². The number of benzene rings is 9. The number of nitrogens with zero attached hydrogens (tertiary/aromatic N) is 1. The Morgan fingerprint density at radius 3 is 1.82 bits per heavy atom. The fourth-order valence-corrected chi connectivity index (χ4v) is 16.1. The lowest BCUT2D eigenvalue weighted by molar-refractivity contribution is -0.231. The Kier molecular flexibility index (Phi) is 8.26. The van der Waals surface area contributed by atoms with E-state index in [-0.39, 0.29) is 5.41 Å². The molecule has 1 nitrogen and oxygen atoms in total. The van der Waals surface area contributed by atoms with Crippen molar-refractivity contribution in [1.29, 1.82) is 0 Å². The maximum atomic E-state index is 2.64. The summed E-state index contributed by atoms with van der Waals surface area (Å²) in [5, 5.41) is 5.29. The molecular formula is C66H55N. The summed E-state index contributed by atoms with van der Waals surface area (Å²) in [7, 11) is 0. The molecule has 2 spiro atoms. The van der Waals surface area contributed by atoms with Crippen LogP contribution in [-0.2, 0) is 5.41 Å². The predicted molar refractivity (Wildman–Crippen MR) is 279 cm³/mol. The van der Waals surface area contributed by atoms with Gasteiger partial charge in [0.05, 0.1) is 5.69 Å². The van der Waals surface area contributed by atoms with E-state index in [1.165, 1.54) is 135 Å².